The van der Waals surface area contributed by atoms with Crippen molar-refractivity contribution in [2.75, 3.05) is 27.3 Å². The van der Waals surface area contributed by atoms with Crippen molar-refractivity contribution >= 4 is 5.91 Å². The Hall–Kier alpha value is -1.59. The third-order valence-corrected chi connectivity index (χ3v) is 3.13. The van der Waals surface area contributed by atoms with Crippen LogP contribution in [-0.4, -0.2) is 45.4 Å². The van der Waals surface area contributed by atoms with E-state index in [1.165, 1.54) is 0 Å². The quantitative estimate of drug-likeness (QED) is 0.812. The summed E-state index contributed by atoms with van der Waals surface area (Å²) in [6.07, 6.45) is 0.0173. The first-order valence-electron chi connectivity index (χ1n) is 5.93. The minimum atomic E-state index is -0.136. The van der Waals surface area contributed by atoms with Crippen molar-refractivity contribution in [1.29, 1.82) is 0 Å². The van der Waals surface area contributed by atoms with Crippen molar-refractivity contribution in [3.63, 3.8) is 0 Å². The molecule has 1 aliphatic rings. The summed E-state index contributed by atoms with van der Waals surface area (Å²) in [7, 11) is 3.21. The zero-order valence-electron chi connectivity index (χ0n) is 10.6. The Labute approximate surface area is 106 Å². The number of amides is 1. The Kier molecular flexibility index (Phi) is 4.17. The molecule has 1 heterocycles. The van der Waals surface area contributed by atoms with E-state index < -0.39 is 0 Å². The molecule has 0 spiro atoms. The molecule has 0 aromatic heterocycles. The van der Waals surface area contributed by atoms with E-state index in [0.717, 1.165) is 13.1 Å². The lowest BCUT2D eigenvalue weighted by atomic mass is 10.1. The number of benzene rings is 1. The fraction of sp³-hybridized carbons (Fsp3) is 0.462. The lowest BCUT2D eigenvalue weighted by molar-refractivity contribution is 0.0778. The number of ether oxygens (including phenoxy) is 2. The van der Waals surface area contributed by atoms with Crippen LogP contribution in [0.15, 0.2) is 24.3 Å². The monoisotopic (exact) mass is 250 g/mol. The van der Waals surface area contributed by atoms with E-state index in [0.29, 0.717) is 11.3 Å². The van der Waals surface area contributed by atoms with Crippen LogP contribution in [0, 0.1) is 0 Å². The first-order valence-corrected chi connectivity index (χ1v) is 5.93. The molecule has 2 N–H and O–H groups in total. The van der Waals surface area contributed by atoms with Crippen LogP contribution in [0.5, 0.6) is 5.75 Å². The minimum Gasteiger partial charge on any atom is -0.496 e. The number of carbonyl (C=O) groups is 1. The second-order valence-corrected chi connectivity index (χ2v) is 4.21. The normalized spacial score (nSPS) is 22.8. The van der Waals surface area contributed by atoms with Gasteiger partial charge in [0.2, 0.25) is 0 Å². The molecule has 98 valence electrons. The second kappa shape index (κ2) is 5.84. The Morgan fingerprint density at radius 1 is 1.33 bits per heavy atom. The van der Waals surface area contributed by atoms with Gasteiger partial charge in [-0.2, -0.15) is 0 Å². The van der Waals surface area contributed by atoms with Crippen molar-refractivity contribution in [1.82, 2.24) is 10.6 Å². The standard InChI is InChI=1S/C13H18N2O3/c1-17-11-6-4-3-5-9(11)13(16)15-10-7-14-8-12(10)18-2/h3-6,10,12,14H,7-8H2,1-2H3,(H,15,16)/t10?,12-/m0/s1. The molecule has 5 nitrogen and oxygen atoms in total. The highest BCUT2D eigenvalue weighted by Gasteiger charge is 2.28. The lowest BCUT2D eigenvalue weighted by Crippen LogP contribution is -2.43. The van der Waals surface area contributed by atoms with Crippen molar-refractivity contribution in [3.8, 4) is 5.75 Å². The van der Waals surface area contributed by atoms with Gasteiger partial charge in [-0.15, -0.1) is 0 Å². The first kappa shape index (κ1) is 12.9. The lowest BCUT2D eigenvalue weighted by Gasteiger charge is -2.19. The van der Waals surface area contributed by atoms with Gasteiger partial charge in [-0.25, -0.2) is 0 Å². The van der Waals surface area contributed by atoms with Gasteiger partial charge in [0.25, 0.3) is 5.91 Å². The van der Waals surface area contributed by atoms with Gasteiger partial charge in [0, 0.05) is 20.2 Å². The predicted molar refractivity (Wildman–Crippen MR) is 67.9 cm³/mol. The van der Waals surface area contributed by atoms with Crippen molar-refractivity contribution < 1.29 is 14.3 Å². The average Bonchev–Trinajstić information content (AvgIpc) is 2.85. The van der Waals surface area contributed by atoms with Crippen molar-refractivity contribution in [2.24, 2.45) is 0 Å². The van der Waals surface area contributed by atoms with Crippen LogP contribution >= 0.6 is 0 Å². The molecule has 0 radical (unpaired) electrons. The van der Waals surface area contributed by atoms with Crippen LogP contribution in [0.1, 0.15) is 10.4 Å². The topological polar surface area (TPSA) is 59.6 Å². The summed E-state index contributed by atoms with van der Waals surface area (Å²) in [6, 6.07) is 7.17. The van der Waals surface area contributed by atoms with E-state index in [-0.39, 0.29) is 18.1 Å². The number of methoxy groups -OCH3 is 2. The maximum absolute atomic E-state index is 12.2. The van der Waals surface area contributed by atoms with Crippen molar-refractivity contribution in [3.05, 3.63) is 29.8 Å². The molecule has 1 amide bonds. The smallest absolute Gasteiger partial charge is 0.255 e. The molecule has 1 aromatic carbocycles. The third-order valence-electron chi connectivity index (χ3n) is 3.13. The number of hydrogen-bond acceptors (Lipinski definition) is 4. The molecule has 1 saturated heterocycles. The molecule has 2 atom stereocenters. The Morgan fingerprint density at radius 2 is 2.11 bits per heavy atom. The maximum Gasteiger partial charge on any atom is 0.255 e. The number of para-hydroxylation sites is 1. The summed E-state index contributed by atoms with van der Waals surface area (Å²) in [6.45, 7) is 1.48. The van der Waals surface area contributed by atoms with Crippen LogP contribution in [0.2, 0.25) is 0 Å². The number of hydrogen-bond donors (Lipinski definition) is 2. The molecule has 0 aliphatic carbocycles. The molecule has 5 heteroatoms. The highest BCUT2D eigenvalue weighted by Crippen LogP contribution is 2.17. The van der Waals surface area contributed by atoms with Crippen LogP contribution in [0.25, 0.3) is 0 Å². The minimum absolute atomic E-state index is 0.00703. The van der Waals surface area contributed by atoms with Crippen molar-refractivity contribution in [2.45, 2.75) is 12.1 Å². The zero-order valence-corrected chi connectivity index (χ0v) is 10.6. The number of carbonyl (C=O) groups excluding carboxylic acids is 1. The van der Waals surface area contributed by atoms with Gasteiger partial charge >= 0.3 is 0 Å². The molecule has 0 saturated carbocycles. The Morgan fingerprint density at radius 3 is 2.83 bits per heavy atom. The SMILES string of the molecule is COc1ccccc1C(=O)NC1CNC[C@@H]1OC. The third kappa shape index (κ3) is 2.63. The summed E-state index contributed by atoms with van der Waals surface area (Å²) < 4.78 is 10.5. The van der Waals surface area contributed by atoms with Crippen LogP contribution in [0.3, 0.4) is 0 Å². The fourth-order valence-electron chi connectivity index (χ4n) is 2.12. The highest BCUT2D eigenvalue weighted by atomic mass is 16.5. The molecular weight excluding hydrogens is 232 g/mol. The van der Waals surface area contributed by atoms with E-state index in [1.54, 1.807) is 26.4 Å². The molecule has 18 heavy (non-hydrogen) atoms. The van der Waals surface area contributed by atoms with E-state index in [9.17, 15) is 4.79 Å². The van der Waals surface area contributed by atoms with Gasteiger partial charge in [-0.1, -0.05) is 12.1 Å². The summed E-state index contributed by atoms with van der Waals surface area (Å²) >= 11 is 0. The van der Waals surface area contributed by atoms with Gasteiger partial charge < -0.3 is 20.1 Å². The summed E-state index contributed by atoms with van der Waals surface area (Å²) in [5, 5.41) is 6.15. The predicted octanol–water partition coefficient (Wildman–Crippen LogP) is 0.412. The first-order chi connectivity index (χ1) is 8.76. The van der Waals surface area contributed by atoms with Gasteiger partial charge in [0.05, 0.1) is 24.8 Å². The van der Waals surface area contributed by atoms with E-state index in [1.807, 2.05) is 12.1 Å². The van der Waals surface area contributed by atoms with Gasteiger partial charge in [0.1, 0.15) is 5.75 Å². The number of rotatable bonds is 4. The highest BCUT2D eigenvalue weighted by molar-refractivity contribution is 5.97. The second-order valence-electron chi connectivity index (χ2n) is 4.21. The van der Waals surface area contributed by atoms with Gasteiger partial charge in [-0.05, 0) is 12.1 Å². The molecule has 0 bridgehead atoms. The fourth-order valence-corrected chi connectivity index (χ4v) is 2.12. The Balaban J connectivity index is 2.07. The van der Waals surface area contributed by atoms with Crippen LogP contribution in [0.4, 0.5) is 0 Å². The molecule has 1 unspecified atom stereocenters. The van der Waals surface area contributed by atoms with Gasteiger partial charge in [-0.3, -0.25) is 4.79 Å². The van der Waals surface area contributed by atoms with E-state index >= 15 is 0 Å². The number of nitrogens with one attached hydrogen (secondary N) is 2. The summed E-state index contributed by atoms with van der Waals surface area (Å²) in [5.41, 5.74) is 0.543. The molecule has 2 rings (SSSR count). The summed E-state index contributed by atoms with van der Waals surface area (Å²) in [5.74, 6) is 0.443. The van der Waals surface area contributed by atoms with Gasteiger partial charge in [0.15, 0.2) is 0 Å². The Bertz CT molecular complexity index is 422. The molecular formula is C13H18N2O3. The molecule has 1 aliphatic heterocycles. The van der Waals surface area contributed by atoms with E-state index in [4.69, 9.17) is 9.47 Å². The van der Waals surface area contributed by atoms with E-state index in [2.05, 4.69) is 10.6 Å². The van der Waals surface area contributed by atoms with Crippen LogP contribution < -0.4 is 15.4 Å². The maximum atomic E-state index is 12.2. The zero-order chi connectivity index (χ0) is 13.0. The largest absolute Gasteiger partial charge is 0.496 e. The molecule has 1 fully saturated rings. The molecule has 1 aromatic rings. The average molecular weight is 250 g/mol. The summed E-state index contributed by atoms with van der Waals surface area (Å²) in [4.78, 5) is 12.2. The van der Waals surface area contributed by atoms with Crippen LogP contribution in [-0.2, 0) is 4.74 Å².